The lowest BCUT2D eigenvalue weighted by molar-refractivity contribution is 0.591. The molecule has 27 aromatic rings. The van der Waals surface area contributed by atoms with E-state index in [0.717, 1.165) is 172 Å². The number of imidazole rings is 2. The second-order valence-electron chi connectivity index (χ2n) is 38.3. The minimum Gasteiger partial charge on any atom is -0.292 e. The van der Waals surface area contributed by atoms with Crippen LogP contribution in [-0.4, -0.2) is 29.1 Å². The molecule has 0 fully saturated rings. The molecule has 6 heteroatoms. The largest absolute Gasteiger partial charge is 0.292 e. The van der Waals surface area contributed by atoms with E-state index in [4.69, 9.17) is 15.0 Å². The van der Waals surface area contributed by atoms with Crippen molar-refractivity contribution in [1.82, 2.24) is 29.1 Å². The summed E-state index contributed by atoms with van der Waals surface area (Å²) in [5, 5.41) is 21.6. The number of nitrogens with zero attached hydrogens (tertiary/aromatic N) is 6. The molecule has 0 aliphatic heterocycles. The molecule has 0 bridgehead atoms. The Labute approximate surface area is 810 Å². The van der Waals surface area contributed by atoms with Gasteiger partial charge < -0.3 is 0 Å². The molecule has 0 saturated heterocycles. The van der Waals surface area contributed by atoms with Crippen LogP contribution in [0.2, 0.25) is 0 Å². The first-order valence-electron chi connectivity index (χ1n) is 48.3. The van der Waals surface area contributed by atoms with E-state index in [1.54, 1.807) is 0 Å². The lowest BCUT2D eigenvalue weighted by Crippen LogP contribution is -2.10. The standard InChI is InChI=1S/C134H88N6/c1-134(2,3)103-76-100-64-70-111-116(82-117(112-71-65-101(77-103)126(100)131(111)112)89-49-52-90(53-50-89)120-35-20-21-73-135-120)88-47-44-85(45-48-88)84-40-42-86(43-41-84)98-72-74-136-123(81-98)106-34-22-27-87-51-59-102(80-115(87)106)130-110-33-15-12-30-107(110)127(92-60-66-105(67-61-92)140-125-39-19-17-37-122(125)137-132(140)93-24-6-4-7-25-93)113-68-62-97(79-119(113)130)96-63-69-114-118(78-96)128(108-31-13-14-32-109(108)129(114)99-58-46-83-23-10-11-26-95(83)75-99)91-54-56-94(57-55-91)133-138-121-36-16-18-38-124(121)139(133)104-28-8-5-9-29-104/h4-82H,1-3H3. The molecule has 0 aliphatic rings. The molecule has 4 heterocycles. The molecule has 0 aliphatic carbocycles. The summed E-state index contributed by atoms with van der Waals surface area (Å²) in [6.45, 7) is 6.92. The van der Waals surface area contributed by atoms with Crippen molar-refractivity contribution in [1.29, 1.82) is 0 Å². The first-order chi connectivity index (χ1) is 69.0. The minimum absolute atomic E-state index is 0.00571. The highest BCUT2D eigenvalue weighted by Gasteiger charge is 2.27. The molecule has 0 radical (unpaired) electrons. The number of pyridine rings is 2. The fraction of sp³-hybridized carbons (Fsp3) is 0.0299. The maximum atomic E-state index is 5.33. The lowest BCUT2D eigenvalue weighted by atomic mass is 9.81. The Balaban J connectivity index is 0.583. The van der Waals surface area contributed by atoms with Gasteiger partial charge in [0.15, 0.2) is 0 Å². The van der Waals surface area contributed by atoms with Gasteiger partial charge in [0.25, 0.3) is 0 Å². The predicted molar refractivity (Wildman–Crippen MR) is 589 cm³/mol. The van der Waals surface area contributed by atoms with Gasteiger partial charge in [-0.05, 0) is 311 Å². The third kappa shape index (κ3) is 13.8. The SMILES string of the molecule is CC(C)(C)c1cc2ccc3c(-c4ccc(-c5ccc(-c6ccnc(-c7cccc8ccc(-c9c%10ccccc%10c(-c%10ccc(-n%11c(-c%12ccccc%12)nc%12ccccc%12%11)cc%10)c%10ccc(-c%11ccc%12c(-c%13ccc%14ccccc%14c%13)c%13ccccc%13c(-c%13ccc(-c%14nc%15ccccc%15n%14-c%14ccccc%14)cc%13)c%12c%11)cc9%10)cc78)c6)cc5)cc4)cc(-c4ccc(-c5ccccn5)cc4)c4ccc(c1)c2c34. The van der Waals surface area contributed by atoms with Crippen molar-refractivity contribution in [2.75, 3.05) is 0 Å². The first-order valence-corrected chi connectivity index (χ1v) is 48.3. The summed E-state index contributed by atoms with van der Waals surface area (Å²) in [7, 11) is 0. The average molecular weight is 1780 g/mol. The number of hydrogen-bond donors (Lipinski definition) is 0. The molecule has 27 rings (SSSR count). The van der Waals surface area contributed by atoms with Crippen molar-refractivity contribution in [2.24, 2.45) is 0 Å². The van der Waals surface area contributed by atoms with Crippen molar-refractivity contribution >= 4 is 119 Å². The highest BCUT2D eigenvalue weighted by Crippen LogP contribution is 2.52. The van der Waals surface area contributed by atoms with E-state index in [2.05, 4.69) is 490 Å². The Morgan fingerprint density at radius 3 is 1.16 bits per heavy atom. The van der Waals surface area contributed by atoms with Crippen LogP contribution in [0.5, 0.6) is 0 Å². The molecule has 0 saturated carbocycles. The van der Waals surface area contributed by atoms with E-state index in [0.29, 0.717) is 0 Å². The molecule has 4 aromatic heterocycles. The van der Waals surface area contributed by atoms with Gasteiger partial charge in [-0.3, -0.25) is 19.1 Å². The first kappa shape index (κ1) is 81.5. The van der Waals surface area contributed by atoms with Crippen molar-refractivity contribution in [3.8, 4) is 157 Å². The van der Waals surface area contributed by atoms with Gasteiger partial charge in [0.1, 0.15) is 11.6 Å². The molecule has 0 spiro atoms. The van der Waals surface area contributed by atoms with Gasteiger partial charge in [0, 0.05) is 46.0 Å². The highest BCUT2D eigenvalue weighted by molar-refractivity contribution is 6.29. The quantitative estimate of drug-likeness (QED) is 0.0758. The fourth-order valence-corrected chi connectivity index (χ4v) is 22.3. The van der Waals surface area contributed by atoms with Crippen LogP contribution in [0.15, 0.2) is 480 Å². The van der Waals surface area contributed by atoms with Crippen LogP contribution < -0.4 is 0 Å². The molecule has 140 heavy (non-hydrogen) atoms. The Kier molecular flexibility index (Phi) is 19.1. The van der Waals surface area contributed by atoms with Crippen LogP contribution in [0, 0.1) is 0 Å². The second kappa shape index (κ2) is 32.9. The topological polar surface area (TPSA) is 61.4 Å². The predicted octanol–water partition coefficient (Wildman–Crippen LogP) is 35.9. The maximum Gasteiger partial charge on any atom is 0.145 e. The number of benzene rings is 23. The monoisotopic (exact) mass is 1780 g/mol. The molecule has 0 amide bonds. The maximum absolute atomic E-state index is 5.33. The van der Waals surface area contributed by atoms with E-state index in [-0.39, 0.29) is 5.41 Å². The summed E-state index contributed by atoms with van der Waals surface area (Å²) < 4.78 is 4.59. The summed E-state index contributed by atoms with van der Waals surface area (Å²) >= 11 is 0. The number of hydrogen-bond acceptors (Lipinski definition) is 4. The summed E-state index contributed by atoms with van der Waals surface area (Å²) in [6.07, 6.45) is 3.84. The Hall–Kier alpha value is -18.1. The van der Waals surface area contributed by atoms with Crippen LogP contribution in [0.25, 0.3) is 276 Å². The molecule has 0 atom stereocenters. The van der Waals surface area contributed by atoms with Crippen LogP contribution >= 0.6 is 0 Å². The summed E-state index contributed by atoms with van der Waals surface area (Å²) in [4.78, 5) is 20.5. The Bertz CT molecular complexity index is 9630. The van der Waals surface area contributed by atoms with Gasteiger partial charge in [0.2, 0.25) is 0 Å². The van der Waals surface area contributed by atoms with Crippen LogP contribution in [0.4, 0.5) is 0 Å². The Morgan fingerprint density at radius 1 is 0.193 bits per heavy atom. The van der Waals surface area contributed by atoms with Crippen molar-refractivity contribution in [2.45, 2.75) is 26.2 Å². The summed E-state index contributed by atoms with van der Waals surface area (Å²) in [5.41, 5.74) is 34.3. The van der Waals surface area contributed by atoms with Gasteiger partial charge in [-0.15, -0.1) is 0 Å². The minimum atomic E-state index is 0.00571. The number of fused-ring (bicyclic) bond motifs is 8. The Morgan fingerprint density at radius 2 is 0.586 bits per heavy atom. The van der Waals surface area contributed by atoms with Gasteiger partial charge in [0.05, 0.1) is 33.5 Å². The van der Waals surface area contributed by atoms with E-state index < -0.39 is 0 Å². The van der Waals surface area contributed by atoms with Gasteiger partial charge in [-0.25, -0.2) is 9.97 Å². The van der Waals surface area contributed by atoms with Crippen LogP contribution in [-0.2, 0) is 5.41 Å². The number of rotatable bonds is 15. The van der Waals surface area contributed by atoms with E-state index in [9.17, 15) is 0 Å². The molecule has 6 nitrogen and oxygen atoms in total. The lowest BCUT2D eigenvalue weighted by Gasteiger charge is -2.23. The second-order valence-corrected chi connectivity index (χ2v) is 38.3. The summed E-state index contributed by atoms with van der Waals surface area (Å²) in [5.74, 6) is 1.79. The third-order valence-corrected chi connectivity index (χ3v) is 29.1. The van der Waals surface area contributed by atoms with Crippen LogP contribution in [0.1, 0.15) is 26.3 Å². The fourth-order valence-electron chi connectivity index (χ4n) is 22.3. The average Bonchev–Trinajstić information content (AvgIpc) is 1.16. The molecular weight excluding hydrogens is 1690 g/mol. The zero-order chi connectivity index (χ0) is 92.8. The number of para-hydroxylation sites is 5. The van der Waals surface area contributed by atoms with Gasteiger partial charge in [-0.1, -0.05) is 385 Å². The molecule has 23 aromatic carbocycles. The molecule has 0 N–H and O–H groups in total. The highest BCUT2D eigenvalue weighted by atomic mass is 15.1. The van der Waals surface area contributed by atoms with Gasteiger partial charge in [-0.2, -0.15) is 0 Å². The summed E-state index contributed by atoms with van der Waals surface area (Å²) in [6, 6.07) is 173. The zero-order valence-corrected chi connectivity index (χ0v) is 77.3. The molecule has 0 unspecified atom stereocenters. The van der Waals surface area contributed by atoms with Crippen molar-refractivity contribution in [3.63, 3.8) is 0 Å². The van der Waals surface area contributed by atoms with Crippen molar-refractivity contribution < 1.29 is 0 Å². The van der Waals surface area contributed by atoms with E-state index in [1.165, 1.54) is 109 Å². The van der Waals surface area contributed by atoms with Gasteiger partial charge >= 0.3 is 0 Å². The van der Waals surface area contributed by atoms with Crippen molar-refractivity contribution in [3.05, 3.63) is 485 Å². The normalized spacial score (nSPS) is 12.0. The zero-order valence-electron chi connectivity index (χ0n) is 77.3. The molecular formula is C134H88N6. The molecule has 654 valence electrons. The smallest absolute Gasteiger partial charge is 0.145 e. The van der Waals surface area contributed by atoms with E-state index >= 15 is 0 Å². The third-order valence-electron chi connectivity index (χ3n) is 29.1. The van der Waals surface area contributed by atoms with E-state index in [1.807, 2.05) is 24.5 Å². The van der Waals surface area contributed by atoms with Crippen LogP contribution in [0.3, 0.4) is 0 Å². The number of aromatic nitrogens is 6.